The van der Waals surface area contributed by atoms with Crippen LogP contribution in [0, 0.1) is 0 Å². The van der Waals surface area contributed by atoms with Gasteiger partial charge in [-0.3, -0.25) is 0 Å². The number of hydrogen-bond acceptors (Lipinski definition) is 5. The maximum atomic E-state index is 12.2. The molecule has 0 unspecified atom stereocenters. The van der Waals surface area contributed by atoms with Crippen LogP contribution in [-0.4, -0.2) is 39.1 Å². The highest BCUT2D eigenvalue weighted by Crippen LogP contribution is 2.21. The molecule has 1 aromatic rings. The maximum Gasteiger partial charge on any atom is 0.240 e. The van der Waals surface area contributed by atoms with Gasteiger partial charge in [-0.2, -0.15) is 11.8 Å². The zero-order valence-corrected chi connectivity index (χ0v) is 14.4. The Kier molecular flexibility index (Phi) is 6.99. The van der Waals surface area contributed by atoms with Gasteiger partial charge in [0, 0.05) is 11.3 Å². The van der Waals surface area contributed by atoms with Crippen LogP contribution in [0.3, 0.4) is 0 Å². The van der Waals surface area contributed by atoms with Gasteiger partial charge in [-0.1, -0.05) is 0 Å². The Morgan fingerprint density at radius 3 is 2.43 bits per heavy atom. The van der Waals surface area contributed by atoms with Crippen LogP contribution in [-0.2, 0) is 10.0 Å². The zero-order chi connectivity index (χ0) is 15.9. The molecule has 0 aliphatic rings. The van der Waals surface area contributed by atoms with E-state index in [0.717, 1.165) is 6.42 Å². The second-order valence-corrected chi connectivity index (χ2v) is 8.53. The van der Waals surface area contributed by atoms with E-state index in [-0.39, 0.29) is 9.64 Å². The molecule has 120 valence electrons. The fourth-order valence-corrected chi connectivity index (χ4v) is 2.93. The molecule has 0 amide bonds. The molecule has 0 saturated carbocycles. The second-order valence-electron chi connectivity index (χ2n) is 5.25. The molecule has 0 atom stereocenters. The minimum atomic E-state index is -3.48. The summed E-state index contributed by atoms with van der Waals surface area (Å²) in [5.41, 5.74) is 5.38. The van der Waals surface area contributed by atoms with Gasteiger partial charge in [-0.15, -0.1) is 0 Å². The summed E-state index contributed by atoms with van der Waals surface area (Å²) in [7, 11) is -3.48. The van der Waals surface area contributed by atoms with Gasteiger partial charge in [0.2, 0.25) is 10.0 Å². The molecule has 0 fully saturated rings. The molecule has 0 bridgehead atoms. The molecule has 0 heterocycles. The van der Waals surface area contributed by atoms with Crippen molar-refractivity contribution in [1.29, 1.82) is 0 Å². The number of sulfonamides is 1. The van der Waals surface area contributed by atoms with Gasteiger partial charge in [-0.25, -0.2) is 13.1 Å². The predicted molar refractivity (Wildman–Crippen MR) is 88.4 cm³/mol. The maximum absolute atomic E-state index is 12.2. The number of nitrogens with one attached hydrogen (secondary N) is 1. The van der Waals surface area contributed by atoms with Crippen molar-refractivity contribution in [2.75, 3.05) is 26.0 Å². The summed E-state index contributed by atoms with van der Waals surface area (Å²) in [5, 5.41) is 0. The summed E-state index contributed by atoms with van der Waals surface area (Å²) in [6.45, 7) is 5.47. The molecule has 0 aromatic heterocycles. The van der Waals surface area contributed by atoms with Crippen molar-refractivity contribution >= 4 is 21.8 Å². The van der Waals surface area contributed by atoms with Gasteiger partial charge in [0.15, 0.2) is 0 Å². The van der Waals surface area contributed by atoms with E-state index >= 15 is 0 Å². The molecular formula is C14H24N2O3S2. The van der Waals surface area contributed by atoms with Gasteiger partial charge >= 0.3 is 0 Å². The third kappa shape index (κ3) is 6.25. The summed E-state index contributed by atoms with van der Waals surface area (Å²) >= 11 is 1.62. The topological polar surface area (TPSA) is 81.4 Å². The van der Waals surface area contributed by atoms with Crippen molar-refractivity contribution in [2.45, 2.75) is 29.9 Å². The highest BCUT2D eigenvalue weighted by atomic mass is 32.2. The molecule has 0 aliphatic carbocycles. The van der Waals surface area contributed by atoms with Crippen LogP contribution in [0.25, 0.3) is 0 Å². The molecule has 3 N–H and O–H groups in total. The van der Waals surface area contributed by atoms with Gasteiger partial charge in [0.1, 0.15) is 5.75 Å². The summed E-state index contributed by atoms with van der Waals surface area (Å²) in [4.78, 5) is 0.241. The molecule has 7 heteroatoms. The molecule has 21 heavy (non-hydrogen) atoms. The van der Waals surface area contributed by atoms with E-state index in [2.05, 4.69) is 4.72 Å². The number of benzene rings is 1. The number of thioether (sulfide) groups is 1. The minimum absolute atomic E-state index is 0.141. The SMILES string of the molecule is CSC(C)(C)CNS(=O)(=O)c1ccc(OCCCN)cc1. The Balaban J connectivity index is 2.67. The quantitative estimate of drug-likeness (QED) is 0.674. The molecule has 1 rings (SSSR count). The van der Waals surface area contributed by atoms with E-state index in [4.69, 9.17) is 10.5 Å². The number of nitrogens with two attached hydrogens (primary N) is 1. The van der Waals surface area contributed by atoms with Crippen LogP contribution in [0.1, 0.15) is 20.3 Å². The minimum Gasteiger partial charge on any atom is -0.494 e. The largest absolute Gasteiger partial charge is 0.494 e. The first-order valence-electron chi connectivity index (χ1n) is 6.78. The molecule has 0 spiro atoms. The highest BCUT2D eigenvalue weighted by molar-refractivity contribution is 8.00. The average Bonchev–Trinajstić information content (AvgIpc) is 2.46. The number of hydrogen-bond donors (Lipinski definition) is 2. The molecular weight excluding hydrogens is 308 g/mol. The van der Waals surface area contributed by atoms with Crippen molar-refractivity contribution in [3.8, 4) is 5.75 Å². The van der Waals surface area contributed by atoms with E-state index in [9.17, 15) is 8.42 Å². The summed E-state index contributed by atoms with van der Waals surface area (Å²) in [6, 6.07) is 6.41. The first-order chi connectivity index (χ1) is 9.80. The van der Waals surface area contributed by atoms with Gasteiger partial charge < -0.3 is 10.5 Å². The lowest BCUT2D eigenvalue weighted by atomic mass is 10.2. The summed E-state index contributed by atoms with van der Waals surface area (Å²) in [6.07, 6.45) is 2.73. The summed E-state index contributed by atoms with van der Waals surface area (Å²) in [5.74, 6) is 0.645. The van der Waals surface area contributed by atoms with Crippen molar-refractivity contribution in [2.24, 2.45) is 5.73 Å². The Hall–Kier alpha value is -0.760. The van der Waals surface area contributed by atoms with E-state index in [0.29, 0.717) is 25.4 Å². The van der Waals surface area contributed by atoms with Crippen molar-refractivity contribution in [3.63, 3.8) is 0 Å². The van der Waals surface area contributed by atoms with Crippen LogP contribution in [0.15, 0.2) is 29.2 Å². The fraction of sp³-hybridized carbons (Fsp3) is 0.571. The lowest BCUT2D eigenvalue weighted by Crippen LogP contribution is -2.36. The Morgan fingerprint density at radius 2 is 1.90 bits per heavy atom. The normalized spacial score (nSPS) is 12.4. The summed E-state index contributed by atoms with van der Waals surface area (Å²) < 4.78 is 32.3. The van der Waals surface area contributed by atoms with Crippen LogP contribution >= 0.6 is 11.8 Å². The van der Waals surface area contributed by atoms with Crippen molar-refractivity contribution in [1.82, 2.24) is 4.72 Å². The van der Waals surface area contributed by atoms with E-state index in [1.54, 1.807) is 36.0 Å². The third-order valence-electron chi connectivity index (χ3n) is 2.99. The van der Waals surface area contributed by atoms with Gasteiger partial charge in [0.25, 0.3) is 0 Å². The average molecular weight is 332 g/mol. The standard InChI is InChI=1S/C14H24N2O3S2/c1-14(2,20-3)11-16-21(17,18)13-7-5-12(6-8-13)19-10-4-9-15/h5-8,16H,4,9-11,15H2,1-3H3. The Labute approximate surface area is 131 Å². The number of ether oxygens (including phenoxy) is 1. The zero-order valence-electron chi connectivity index (χ0n) is 12.8. The van der Waals surface area contributed by atoms with Crippen LogP contribution in [0.5, 0.6) is 5.75 Å². The van der Waals surface area contributed by atoms with Gasteiger partial charge in [-0.05, 0) is 57.3 Å². The lowest BCUT2D eigenvalue weighted by molar-refractivity contribution is 0.313. The van der Waals surface area contributed by atoms with E-state index in [1.165, 1.54) is 0 Å². The number of rotatable bonds is 9. The van der Waals surface area contributed by atoms with Crippen LogP contribution in [0.2, 0.25) is 0 Å². The molecule has 5 nitrogen and oxygen atoms in total. The first-order valence-corrected chi connectivity index (χ1v) is 9.49. The lowest BCUT2D eigenvalue weighted by Gasteiger charge is -2.22. The second kappa shape index (κ2) is 8.03. The van der Waals surface area contributed by atoms with E-state index < -0.39 is 10.0 Å². The van der Waals surface area contributed by atoms with Gasteiger partial charge in [0.05, 0.1) is 11.5 Å². The fourth-order valence-electron chi connectivity index (χ4n) is 1.41. The molecule has 0 radical (unpaired) electrons. The Morgan fingerprint density at radius 1 is 1.29 bits per heavy atom. The molecule has 0 saturated heterocycles. The third-order valence-corrected chi connectivity index (χ3v) is 5.66. The predicted octanol–water partition coefficient (Wildman–Crippen LogP) is 1.83. The highest BCUT2D eigenvalue weighted by Gasteiger charge is 2.21. The van der Waals surface area contributed by atoms with Crippen molar-refractivity contribution < 1.29 is 13.2 Å². The molecule has 1 aromatic carbocycles. The van der Waals surface area contributed by atoms with Crippen molar-refractivity contribution in [3.05, 3.63) is 24.3 Å². The van der Waals surface area contributed by atoms with Crippen LogP contribution < -0.4 is 15.2 Å². The molecule has 0 aliphatic heterocycles. The monoisotopic (exact) mass is 332 g/mol. The smallest absolute Gasteiger partial charge is 0.240 e. The van der Waals surface area contributed by atoms with E-state index in [1.807, 2.05) is 20.1 Å². The first kappa shape index (κ1) is 18.3. The van der Waals surface area contributed by atoms with Crippen LogP contribution in [0.4, 0.5) is 0 Å². The Bertz CT molecular complexity index is 528.